The van der Waals surface area contributed by atoms with Gasteiger partial charge in [-0.05, 0) is 125 Å². The van der Waals surface area contributed by atoms with Crippen LogP contribution in [0.4, 0.5) is 23.2 Å². The van der Waals surface area contributed by atoms with Crippen LogP contribution in [0.25, 0.3) is 22.2 Å². The van der Waals surface area contributed by atoms with Crippen LogP contribution in [0.1, 0.15) is 73.9 Å². The molecular formula is C38H49F4N5O3S. The highest BCUT2D eigenvalue weighted by atomic mass is 32.1. The maximum Gasteiger partial charge on any atom is 0.416 e. The molecule has 1 aromatic heterocycles. The van der Waals surface area contributed by atoms with Crippen LogP contribution in [0.2, 0.25) is 0 Å². The minimum atomic E-state index is -4.64. The van der Waals surface area contributed by atoms with E-state index >= 15 is 0 Å². The number of carboxylic acid groups (broad SMARTS) is 1. The van der Waals surface area contributed by atoms with Gasteiger partial charge in [0.05, 0.1) is 22.3 Å². The number of rotatable bonds is 10. The Morgan fingerprint density at radius 1 is 1.10 bits per heavy atom. The summed E-state index contributed by atoms with van der Waals surface area (Å²) in [5.74, 6) is -0.331. The Hall–Kier alpha value is -3.94. The lowest BCUT2D eigenvalue weighted by molar-refractivity contribution is -0.137. The van der Waals surface area contributed by atoms with E-state index in [1.54, 1.807) is 7.05 Å². The largest absolute Gasteiger partial charge is 0.483 e. The van der Waals surface area contributed by atoms with Crippen LogP contribution in [0.5, 0.6) is 0 Å². The van der Waals surface area contributed by atoms with Gasteiger partial charge in [0.2, 0.25) is 5.91 Å². The first-order valence-electron chi connectivity index (χ1n) is 17.1. The van der Waals surface area contributed by atoms with Gasteiger partial charge in [0.1, 0.15) is 11.6 Å². The van der Waals surface area contributed by atoms with Crippen molar-refractivity contribution in [1.82, 2.24) is 19.2 Å². The molecule has 3 aromatic carbocycles. The number of hydrogen-bond acceptors (Lipinski definition) is 6. The number of amides is 1. The fourth-order valence-corrected chi connectivity index (χ4v) is 6.53. The van der Waals surface area contributed by atoms with Crippen LogP contribution in [0.15, 0.2) is 54.6 Å². The molecule has 2 heterocycles. The zero-order valence-electron chi connectivity index (χ0n) is 29.9. The van der Waals surface area contributed by atoms with E-state index in [0.29, 0.717) is 24.8 Å². The average molecular weight is 732 g/mol. The topological polar surface area (TPSA) is 99.5 Å². The highest BCUT2D eigenvalue weighted by Crippen LogP contribution is 2.36. The monoisotopic (exact) mass is 731 g/mol. The van der Waals surface area contributed by atoms with Crippen LogP contribution < -0.4 is 10.0 Å². The Labute approximate surface area is 303 Å². The van der Waals surface area contributed by atoms with Gasteiger partial charge < -0.3 is 19.9 Å². The van der Waals surface area contributed by atoms with Crippen LogP contribution in [0, 0.1) is 18.7 Å². The van der Waals surface area contributed by atoms with Crippen molar-refractivity contribution in [3.05, 3.63) is 82.9 Å². The number of nitrogens with zero attached hydrogens (tertiary/aromatic N) is 3. The van der Waals surface area contributed by atoms with E-state index in [1.807, 2.05) is 6.92 Å². The summed E-state index contributed by atoms with van der Waals surface area (Å²) < 4.78 is 57.4. The molecule has 4 aromatic rings. The third-order valence-electron chi connectivity index (χ3n) is 9.26. The minimum Gasteiger partial charge on any atom is -0.483 e. The number of likely N-dealkylation sites (tertiary alicyclic amines) is 1. The van der Waals surface area contributed by atoms with Gasteiger partial charge in [-0.2, -0.15) is 13.2 Å². The second-order valence-corrected chi connectivity index (χ2v) is 13.3. The molecule has 1 amide bonds. The lowest BCUT2D eigenvalue weighted by atomic mass is 9.87. The summed E-state index contributed by atoms with van der Waals surface area (Å²) in [4.78, 5) is 28.4. The zero-order valence-corrected chi connectivity index (χ0v) is 30.8. The van der Waals surface area contributed by atoms with E-state index in [-0.39, 0.29) is 24.0 Å². The number of unbranched alkanes of at least 4 members (excludes halogenated alkanes) is 1. The number of alkyl halides is 3. The molecule has 1 aliphatic heterocycles. The van der Waals surface area contributed by atoms with Crippen molar-refractivity contribution >= 4 is 41.9 Å². The number of likely N-dealkylation sites (N-methyl/N-ethyl adjacent to an activating group) is 1. The predicted molar refractivity (Wildman–Crippen MR) is 198 cm³/mol. The molecule has 0 spiro atoms. The zero-order chi connectivity index (χ0) is 37.7. The molecule has 278 valence electrons. The van der Waals surface area contributed by atoms with Crippen LogP contribution >= 0.6 is 12.8 Å². The Morgan fingerprint density at radius 3 is 2.35 bits per heavy atom. The SMILES string of the molecule is CCC(CCCCc1ccc(-c2cc(C3CCCN(C)C3)c3c(c2)nc(C)n3C)cc1)C(=O)Nc1ccc(C(F)(F)F)cc1F.CNS.O=CO. The number of piperidine rings is 1. The Balaban J connectivity index is 0.00000109. The molecule has 0 radical (unpaired) electrons. The van der Waals surface area contributed by atoms with E-state index in [9.17, 15) is 22.4 Å². The summed E-state index contributed by atoms with van der Waals surface area (Å²) >= 11 is 3.54. The van der Waals surface area contributed by atoms with Crippen molar-refractivity contribution < 1.29 is 32.3 Å². The predicted octanol–water partition coefficient (Wildman–Crippen LogP) is 8.64. The number of fused-ring (bicyclic) bond motifs is 1. The number of aromatic nitrogens is 2. The maximum atomic E-state index is 14.2. The highest BCUT2D eigenvalue weighted by Gasteiger charge is 2.31. The fourth-order valence-electron chi connectivity index (χ4n) is 6.53. The Morgan fingerprint density at radius 2 is 1.76 bits per heavy atom. The van der Waals surface area contributed by atoms with Gasteiger partial charge in [-0.25, -0.2) is 9.37 Å². The van der Waals surface area contributed by atoms with Gasteiger partial charge in [-0.1, -0.05) is 50.4 Å². The third-order valence-corrected chi connectivity index (χ3v) is 9.26. The molecule has 1 saturated heterocycles. The summed E-state index contributed by atoms with van der Waals surface area (Å²) in [6, 6.07) is 15.4. The molecule has 0 bridgehead atoms. The van der Waals surface area contributed by atoms with Gasteiger partial charge in [0.15, 0.2) is 0 Å². The molecule has 2 atom stereocenters. The van der Waals surface area contributed by atoms with E-state index in [2.05, 4.69) is 89.7 Å². The molecule has 1 aliphatic rings. The molecule has 3 N–H and O–H groups in total. The molecule has 8 nitrogen and oxygen atoms in total. The molecule has 0 saturated carbocycles. The number of thiol groups is 1. The van der Waals surface area contributed by atoms with Crippen LogP contribution in [0.3, 0.4) is 0 Å². The van der Waals surface area contributed by atoms with Crippen LogP contribution in [-0.2, 0) is 29.2 Å². The number of imidazole rings is 1. The number of benzene rings is 3. The van der Waals surface area contributed by atoms with Crippen LogP contribution in [-0.4, -0.2) is 59.1 Å². The molecule has 0 aliphatic carbocycles. The van der Waals surface area contributed by atoms with Crippen molar-refractivity contribution in [2.24, 2.45) is 13.0 Å². The van der Waals surface area contributed by atoms with Crippen molar-refractivity contribution in [2.45, 2.75) is 70.9 Å². The molecule has 5 rings (SSSR count). The Bertz CT molecular complexity index is 1730. The maximum absolute atomic E-state index is 14.2. The highest BCUT2D eigenvalue weighted by molar-refractivity contribution is 7.78. The number of nitrogens with one attached hydrogen (secondary N) is 2. The average Bonchev–Trinajstić information content (AvgIpc) is 3.38. The summed E-state index contributed by atoms with van der Waals surface area (Å²) in [5.41, 5.74) is 5.88. The Kier molecular flexibility index (Phi) is 15.9. The standard InChI is InChI=1S/C36H42F4N4O.CH5NS.CH2O2/c1-5-25(35(45)42-32-17-16-29(21-31(32)37)36(38,39)40)10-7-6-9-24-12-14-26(15-13-24)28-19-30(27-11-8-18-43(3)22-27)34-33(20-28)41-23(2)44(34)4;1-2-3;2-1-3/h12-17,19-21,25,27H,5-11,18,22H2,1-4H3,(H,42,45);2-3H,1H3;1H,(H,2,3). The summed E-state index contributed by atoms with van der Waals surface area (Å²) in [5, 5.41) is 9.36. The molecule has 1 fully saturated rings. The van der Waals surface area contributed by atoms with E-state index in [0.717, 1.165) is 61.4 Å². The number of aryl methyl sites for hydroxylation is 3. The van der Waals surface area contributed by atoms with Crippen molar-refractivity contribution in [3.63, 3.8) is 0 Å². The van der Waals surface area contributed by atoms with Gasteiger partial charge in [-0.3, -0.25) is 14.3 Å². The molecule has 13 heteroatoms. The first-order chi connectivity index (χ1) is 24.3. The van der Waals surface area contributed by atoms with E-state index < -0.39 is 17.6 Å². The van der Waals surface area contributed by atoms with E-state index in [4.69, 9.17) is 14.9 Å². The lowest BCUT2D eigenvalue weighted by Gasteiger charge is -2.30. The second kappa shape index (κ2) is 19.6. The molecule has 51 heavy (non-hydrogen) atoms. The number of halogens is 4. The number of hydrogen-bond donors (Lipinski definition) is 4. The van der Waals surface area contributed by atoms with E-state index in [1.165, 1.54) is 35.0 Å². The quantitative estimate of drug-likeness (QED) is 0.0564. The first kappa shape index (κ1) is 41.5. The van der Waals surface area contributed by atoms with Crippen molar-refractivity contribution in [1.29, 1.82) is 0 Å². The van der Waals surface area contributed by atoms with Crippen molar-refractivity contribution in [3.8, 4) is 11.1 Å². The third kappa shape index (κ3) is 11.5. The molecule has 2 unspecified atom stereocenters. The van der Waals surface area contributed by atoms with Crippen molar-refractivity contribution in [2.75, 3.05) is 32.5 Å². The van der Waals surface area contributed by atoms with Gasteiger partial charge in [0, 0.05) is 19.5 Å². The van der Waals surface area contributed by atoms with Gasteiger partial charge >= 0.3 is 6.18 Å². The number of carbonyl (C=O) groups excluding carboxylic acids is 1. The molecular weight excluding hydrogens is 683 g/mol. The lowest BCUT2D eigenvalue weighted by Crippen LogP contribution is -2.31. The fraction of sp³-hybridized carbons (Fsp3) is 0.447. The number of carbonyl (C=O) groups is 2. The van der Waals surface area contributed by atoms with Gasteiger partial charge in [0.25, 0.3) is 6.47 Å². The summed E-state index contributed by atoms with van der Waals surface area (Å²) in [7, 11) is 6.04. The van der Waals surface area contributed by atoms with Gasteiger partial charge in [-0.15, -0.1) is 0 Å². The first-order valence-corrected chi connectivity index (χ1v) is 17.5. The summed E-state index contributed by atoms with van der Waals surface area (Å²) in [6.45, 7) is 5.88. The second-order valence-electron chi connectivity index (χ2n) is 12.8. The normalized spacial score (nSPS) is 15.3. The smallest absolute Gasteiger partial charge is 0.416 e. The minimum absolute atomic E-state index is 0.234. The number of anilines is 1. The summed E-state index contributed by atoms with van der Waals surface area (Å²) in [6.07, 6.45) is 1.46.